The lowest BCUT2D eigenvalue weighted by Crippen LogP contribution is -2.02. The standard InChI is InChI=1S/C13H11N3O.C13H14N2O2.C12H10BrFN2O.C12H11BrN2O/c14-8-11-5-3-7-13(16-11)15-9-10-4-1-2-6-12(10)17;1-17-13-8-4-7-12(15-13)14-9-10-5-2-3-6-11(10)16;13-11-2-1-3-12(16-11)15-7-8-6-9(14)4-5-10(8)17;13-11-6-3-7-12(15-11)14-8-9-4-1-2-5-10(9)16/h1-7,17H,9H2,(H,15,16);2-8,16H,9H2,1H3,(H,14,15);1-6,17H,7H2,(H,15,16);1-7,16H,8H2,(H,14,15). The van der Waals surface area contributed by atoms with Crippen LogP contribution >= 0.6 is 31.9 Å². The number of rotatable bonds is 13. The third-order valence-electron chi connectivity index (χ3n) is 9.08. The highest BCUT2D eigenvalue weighted by Crippen LogP contribution is 2.22. The largest absolute Gasteiger partial charge is 0.508 e. The van der Waals surface area contributed by atoms with Gasteiger partial charge in [-0.15, -0.1) is 0 Å². The maximum atomic E-state index is 13.0. The summed E-state index contributed by atoms with van der Waals surface area (Å²) < 4.78 is 19.5. The number of nitrogens with zero attached hydrogens (tertiary/aromatic N) is 5. The quantitative estimate of drug-likeness (QED) is 0.0505. The number of nitrogens with one attached hydrogen (secondary N) is 4. The third-order valence-corrected chi connectivity index (χ3v) is 9.97. The molecule has 0 saturated heterocycles. The first-order chi connectivity index (χ1) is 32.5. The summed E-state index contributed by atoms with van der Waals surface area (Å²) in [6, 6.07) is 49.1. The fourth-order valence-electron chi connectivity index (χ4n) is 5.66. The van der Waals surface area contributed by atoms with Crippen LogP contribution in [0.15, 0.2) is 173 Å². The molecule has 14 nitrogen and oxygen atoms in total. The molecule has 0 atom stereocenters. The topological polar surface area (TPSA) is 214 Å². The number of para-hydroxylation sites is 3. The molecule has 0 fully saturated rings. The highest BCUT2D eigenvalue weighted by atomic mass is 79.9. The molecule has 8 rings (SSSR count). The summed E-state index contributed by atoms with van der Waals surface area (Å²) in [6.07, 6.45) is 0. The van der Waals surface area contributed by atoms with Crippen LogP contribution in [0.2, 0.25) is 0 Å². The minimum atomic E-state index is -0.373. The zero-order valence-electron chi connectivity index (χ0n) is 36.0. The summed E-state index contributed by atoms with van der Waals surface area (Å²) in [7, 11) is 1.58. The second-order valence-corrected chi connectivity index (χ2v) is 15.5. The van der Waals surface area contributed by atoms with Crippen LogP contribution in [0.3, 0.4) is 0 Å². The van der Waals surface area contributed by atoms with Gasteiger partial charge in [0.25, 0.3) is 0 Å². The molecule has 4 aromatic carbocycles. The average molecular weight is 1030 g/mol. The van der Waals surface area contributed by atoms with Crippen LogP contribution in [-0.2, 0) is 26.2 Å². The van der Waals surface area contributed by atoms with Crippen LogP contribution in [0.5, 0.6) is 28.9 Å². The predicted octanol–water partition coefficient (Wildman–Crippen LogP) is 11.1. The van der Waals surface area contributed by atoms with Crippen molar-refractivity contribution in [1.82, 2.24) is 19.9 Å². The average Bonchev–Trinajstić information content (AvgIpc) is 3.34. The number of phenols is 4. The van der Waals surface area contributed by atoms with Gasteiger partial charge in [0.2, 0.25) is 5.88 Å². The molecular formula is C50H46Br2FN9O5. The number of benzene rings is 4. The number of anilines is 4. The van der Waals surface area contributed by atoms with E-state index < -0.39 is 0 Å². The SMILES string of the molecule is COc1cccc(NCc2ccccc2O)n1.N#Cc1cccc(NCc2ccccc2O)n1.Oc1ccc(F)cc1CNc1cccc(Br)n1.Oc1ccccc1CNc1cccc(Br)n1. The summed E-state index contributed by atoms with van der Waals surface area (Å²) in [6.45, 7) is 1.85. The van der Waals surface area contributed by atoms with Crippen molar-refractivity contribution in [2.45, 2.75) is 26.2 Å². The Labute approximate surface area is 404 Å². The zero-order valence-corrected chi connectivity index (χ0v) is 39.2. The zero-order chi connectivity index (χ0) is 47.8. The highest BCUT2D eigenvalue weighted by Gasteiger charge is 2.05. The molecule has 8 aromatic rings. The molecule has 0 saturated carbocycles. The lowest BCUT2D eigenvalue weighted by atomic mass is 10.2. The number of aromatic hydroxyl groups is 4. The van der Waals surface area contributed by atoms with Crippen molar-refractivity contribution in [2.75, 3.05) is 28.4 Å². The fraction of sp³-hybridized carbons (Fsp3) is 0.100. The molecule has 17 heteroatoms. The Morgan fingerprint density at radius 3 is 1.30 bits per heavy atom. The van der Waals surface area contributed by atoms with Gasteiger partial charge in [-0.05, 0) is 111 Å². The maximum absolute atomic E-state index is 13.0. The molecule has 0 unspecified atom stereocenters. The number of halogens is 3. The third kappa shape index (κ3) is 17.5. The first kappa shape index (κ1) is 50.1. The number of hydrogen-bond acceptors (Lipinski definition) is 14. The summed E-state index contributed by atoms with van der Waals surface area (Å²) in [5, 5.41) is 59.3. The van der Waals surface area contributed by atoms with Gasteiger partial charge in [-0.1, -0.05) is 78.9 Å². The lowest BCUT2D eigenvalue weighted by Gasteiger charge is -2.08. The van der Waals surface area contributed by atoms with E-state index in [1.807, 2.05) is 84.9 Å². The van der Waals surface area contributed by atoms with Crippen molar-refractivity contribution in [1.29, 1.82) is 5.26 Å². The van der Waals surface area contributed by atoms with Crippen molar-refractivity contribution in [3.8, 4) is 34.9 Å². The highest BCUT2D eigenvalue weighted by molar-refractivity contribution is 9.10. The molecule has 4 heterocycles. The van der Waals surface area contributed by atoms with Crippen LogP contribution in [0, 0.1) is 17.1 Å². The fourth-order valence-corrected chi connectivity index (χ4v) is 6.34. The predicted molar refractivity (Wildman–Crippen MR) is 265 cm³/mol. The van der Waals surface area contributed by atoms with E-state index in [0.29, 0.717) is 71.1 Å². The van der Waals surface area contributed by atoms with Crippen LogP contribution in [-0.4, -0.2) is 47.5 Å². The molecule has 67 heavy (non-hydrogen) atoms. The molecule has 8 N–H and O–H groups in total. The molecule has 0 aliphatic carbocycles. The van der Waals surface area contributed by atoms with Crippen molar-refractivity contribution < 1.29 is 29.6 Å². The lowest BCUT2D eigenvalue weighted by molar-refractivity contribution is 0.398. The molecular weight excluding hydrogens is 985 g/mol. The molecule has 0 amide bonds. The van der Waals surface area contributed by atoms with Crippen LogP contribution < -0.4 is 26.0 Å². The molecule has 0 aliphatic heterocycles. The second kappa shape index (κ2) is 26.8. The molecule has 0 spiro atoms. The Hall–Kier alpha value is -7.94. The van der Waals surface area contributed by atoms with Crippen LogP contribution in [0.25, 0.3) is 0 Å². The Balaban J connectivity index is 0.000000167. The molecule has 0 bridgehead atoms. The minimum absolute atomic E-state index is 0.0638. The smallest absolute Gasteiger partial charge is 0.214 e. The van der Waals surface area contributed by atoms with E-state index in [4.69, 9.17) is 10.00 Å². The Kier molecular flexibility index (Phi) is 20.0. The number of nitriles is 1. The van der Waals surface area contributed by atoms with Crippen molar-refractivity contribution >= 4 is 55.1 Å². The summed E-state index contributed by atoms with van der Waals surface area (Å²) in [5.74, 6) is 3.84. The van der Waals surface area contributed by atoms with Crippen molar-refractivity contribution in [3.63, 3.8) is 0 Å². The molecule has 0 aliphatic rings. The number of phenolic OH excluding ortho intramolecular Hbond substituents is 4. The van der Waals surface area contributed by atoms with Gasteiger partial charge < -0.3 is 46.4 Å². The Morgan fingerprint density at radius 1 is 0.478 bits per heavy atom. The Morgan fingerprint density at radius 2 is 0.866 bits per heavy atom. The number of ether oxygens (including phenoxy) is 1. The van der Waals surface area contributed by atoms with Gasteiger partial charge >= 0.3 is 0 Å². The summed E-state index contributed by atoms with van der Waals surface area (Å²) in [4.78, 5) is 16.7. The van der Waals surface area contributed by atoms with Gasteiger partial charge in [0.1, 0.15) is 73.1 Å². The van der Waals surface area contributed by atoms with E-state index in [2.05, 4.69) is 73.1 Å². The maximum Gasteiger partial charge on any atom is 0.214 e. The van der Waals surface area contributed by atoms with E-state index in [9.17, 15) is 24.8 Å². The van der Waals surface area contributed by atoms with Crippen LogP contribution in [0.4, 0.5) is 27.7 Å². The van der Waals surface area contributed by atoms with Crippen molar-refractivity contribution in [2.24, 2.45) is 0 Å². The summed E-state index contributed by atoms with van der Waals surface area (Å²) in [5.41, 5.74) is 3.33. The number of aromatic nitrogens is 4. The minimum Gasteiger partial charge on any atom is -0.508 e. The first-order valence-corrected chi connectivity index (χ1v) is 21.9. The summed E-state index contributed by atoms with van der Waals surface area (Å²) >= 11 is 6.56. The van der Waals surface area contributed by atoms with Gasteiger partial charge in [-0.3, -0.25) is 0 Å². The van der Waals surface area contributed by atoms with E-state index in [0.717, 1.165) is 27.1 Å². The number of hydrogen-bond donors (Lipinski definition) is 8. The van der Waals surface area contributed by atoms with E-state index >= 15 is 0 Å². The monoisotopic (exact) mass is 1030 g/mol. The van der Waals surface area contributed by atoms with Gasteiger partial charge in [-0.2, -0.15) is 10.2 Å². The van der Waals surface area contributed by atoms with Gasteiger partial charge in [0.05, 0.1) is 7.11 Å². The Bertz CT molecular complexity index is 2850. The van der Waals surface area contributed by atoms with Gasteiger partial charge in [0.15, 0.2) is 0 Å². The van der Waals surface area contributed by atoms with Gasteiger partial charge in [-0.25, -0.2) is 19.3 Å². The normalized spacial score (nSPS) is 9.96. The molecule has 342 valence electrons. The van der Waals surface area contributed by atoms with E-state index in [1.165, 1.54) is 18.2 Å². The van der Waals surface area contributed by atoms with Crippen LogP contribution in [0.1, 0.15) is 27.9 Å². The van der Waals surface area contributed by atoms with Gasteiger partial charge in [0, 0.05) is 54.5 Å². The van der Waals surface area contributed by atoms with E-state index in [1.54, 1.807) is 73.8 Å². The molecule has 0 radical (unpaired) electrons. The number of methoxy groups -OCH3 is 1. The van der Waals surface area contributed by atoms with E-state index in [-0.39, 0.29) is 23.1 Å². The first-order valence-electron chi connectivity index (χ1n) is 20.4. The van der Waals surface area contributed by atoms with Crippen molar-refractivity contribution in [3.05, 3.63) is 207 Å². The number of pyridine rings is 4. The second-order valence-electron chi connectivity index (χ2n) is 13.8. The molecule has 4 aromatic heterocycles.